The van der Waals surface area contributed by atoms with E-state index in [0.29, 0.717) is 5.50 Å². The molecule has 2 atom stereocenters. The molecular formula is C9H13ClN2O4S. The summed E-state index contributed by atoms with van der Waals surface area (Å²) in [4.78, 5) is 4.59. The van der Waals surface area contributed by atoms with Crippen LogP contribution < -0.4 is 18.6 Å². The highest BCUT2D eigenvalue weighted by Crippen LogP contribution is 2.36. The van der Waals surface area contributed by atoms with Gasteiger partial charge < -0.3 is 0 Å². The summed E-state index contributed by atoms with van der Waals surface area (Å²) < 4.78 is 34.9. The Kier molecular flexibility index (Phi) is 4.73. The van der Waals surface area contributed by atoms with Crippen molar-refractivity contribution in [1.29, 1.82) is 0 Å². The van der Waals surface area contributed by atoms with Crippen molar-refractivity contribution < 1.29 is 33.4 Å². The zero-order valence-electron chi connectivity index (χ0n) is 9.41. The van der Waals surface area contributed by atoms with Gasteiger partial charge in [-0.25, -0.2) is 28.1 Å². The molecule has 2 unspecified atom stereocenters. The Balaban J connectivity index is 0.000000249. The maximum absolute atomic E-state index is 8.49. The third-order valence-electron chi connectivity index (χ3n) is 2.40. The number of hydrogen-bond donors (Lipinski definition) is 0. The lowest BCUT2D eigenvalue weighted by atomic mass is 10.3. The molecule has 0 saturated heterocycles. The number of thioether (sulfide) groups is 1. The van der Waals surface area contributed by atoms with E-state index < -0.39 is 10.2 Å². The second kappa shape index (κ2) is 5.49. The van der Waals surface area contributed by atoms with Crippen LogP contribution >= 0.6 is 11.8 Å². The molecular weight excluding hydrogens is 268 g/mol. The van der Waals surface area contributed by atoms with Crippen molar-refractivity contribution in [2.45, 2.75) is 19.3 Å². The molecule has 0 aliphatic carbocycles. The van der Waals surface area contributed by atoms with Gasteiger partial charge in [0.25, 0.3) is 0 Å². The van der Waals surface area contributed by atoms with Crippen molar-refractivity contribution >= 4 is 17.5 Å². The van der Waals surface area contributed by atoms with E-state index in [9.17, 15) is 0 Å². The average molecular weight is 281 g/mol. The van der Waals surface area contributed by atoms with Gasteiger partial charge in [0.2, 0.25) is 5.50 Å². The van der Waals surface area contributed by atoms with Crippen LogP contribution in [0.15, 0.2) is 28.9 Å². The van der Waals surface area contributed by atoms with E-state index in [2.05, 4.69) is 42.7 Å². The number of rotatable bonds is 1. The van der Waals surface area contributed by atoms with Crippen LogP contribution in [0.4, 0.5) is 0 Å². The number of nitrogens with zero attached hydrogens (tertiary/aromatic N) is 2. The fraction of sp³-hybridized carbons (Fsp3) is 0.444. The fourth-order valence-electron chi connectivity index (χ4n) is 1.50. The van der Waals surface area contributed by atoms with Gasteiger partial charge in [0.05, 0.1) is 6.54 Å². The lowest BCUT2D eigenvalue weighted by molar-refractivity contribution is -2.00. The highest BCUT2D eigenvalue weighted by atomic mass is 35.7. The molecule has 0 N–H and O–H groups in total. The Hall–Kier alpha value is -0.410. The summed E-state index contributed by atoms with van der Waals surface area (Å²) in [6, 6.07) is 0. The Morgan fingerprint density at radius 1 is 1.35 bits per heavy atom. The molecule has 8 heteroatoms. The summed E-state index contributed by atoms with van der Waals surface area (Å²) in [5, 5.41) is 2.15. The van der Waals surface area contributed by atoms with Gasteiger partial charge in [-0.15, -0.1) is 10.2 Å². The van der Waals surface area contributed by atoms with E-state index in [0.717, 1.165) is 16.7 Å². The molecule has 0 amide bonds. The van der Waals surface area contributed by atoms with E-state index in [1.54, 1.807) is 11.8 Å². The predicted molar refractivity (Wildman–Crippen MR) is 53.6 cm³/mol. The molecule has 96 valence electrons. The predicted octanol–water partition coefficient (Wildman–Crippen LogP) is -2.44. The standard InChI is InChI=1S/C9H13N2S.ClHO4/c1-3-11-5-4-8(2)10-9(11)12-7-6-11;2-1(3,4)5/h4-7,9H,3H2,1-2H3;(H,2,3,4,5)/q+1;/p-1. The summed E-state index contributed by atoms with van der Waals surface area (Å²) in [6.07, 6.45) is 6.57. The molecule has 0 spiro atoms. The maximum atomic E-state index is 8.49. The van der Waals surface area contributed by atoms with Crippen LogP contribution in [0.25, 0.3) is 0 Å². The average Bonchev–Trinajstić information content (AvgIpc) is 2.58. The smallest absolute Gasteiger partial charge is 0.241 e. The zero-order chi connectivity index (χ0) is 13.1. The summed E-state index contributed by atoms with van der Waals surface area (Å²) in [5.41, 5.74) is 1.48. The second-order valence-electron chi connectivity index (χ2n) is 3.52. The molecule has 6 nitrogen and oxygen atoms in total. The molecule has 0 radical (unpaired) electrons. The van der Waals surface area contributed by atoms with Gasteiger partial charge in [-0.3, -0.25) is 0 Å². The zero-order valence-corrected chi connectivity index (χ0v) is 11.0. The SMILES string of the molecule is CC[N+]12C=CSC1N=C(C)C=C2.[O-][Cl+3]([O-])([O-])[O-]. The van der Waals surface area contributed by atoms with Gasteiger partial charge in [0, 0.05) is 17.2 Å². The molecule has 0 aromatic heterocycles. The van der Waals surface area contributed by atoms with Crippen molar-refractivity contribution in [3.63, 3.8) is 0 Å². The molecule has 0 bridgehead atoms. The van der Waals surface area contributed by atoms with Gasteiger partial charge in [-0.2, -0.15) is 0 Å². The first-order chi connectivity index (χ1) is 7.77. The number of fused-ring (bicyclic) bond motifs is 1. The van der Waals surface area contributed by atoms with Crippen molar-refractivity contribution in [2.75, 3.05) is 6.54 Å². The third-order valence-corrected chi connectivity index (χ3v) is 3.43. The summed E-state index contributed by atoms with van der Waals surface area (Å²) in [7, 11) is -4.94. The van der Waals surface area contributed by atoms with Gasteiger partial charge >= 0.3 is 0 Å². The number of hydrogen-bond acceptors (Lipinski definition) is 6. The third kappa shape index (κ3) is 4.40. The fourth-order valence-corrected chi connectivity index (χ4v) is 2.68. The van der Waals surface area contributed by atoms with Crippen molar-refractivity contribution in [2.24, 2.45) is 4.99 Å². The minimum atomic E-state index is -4.94. The van der Waals surface area contributed by atoms with E-state index in [1.807, 2.05) is 0 Å². The molecule has 2 aliphatic rings. The molecule has 2 rings (SSSR count). The monoisotopic (exact) mass is 280 g/mol. The van der Waals surface area contributed by atoms with Gasteiger partial charge in [-0.05, 0) is 25.6 Å². The highest BCUT2D eigenvalue weighted by Gasteiger charge is 2.37. The number of quaternary nitrogens is 1. The minimum Gasteiger partial charge on any atom is -0.241 e. The minimum absolute atomic E-state index is 0.347. The van der Waals surface area contributed by atoms with Crippen molar-refractivity contribution in [3.8, 4) is 0 Å². The van der Waals surface area contributed by atoms with Crippen molar-refractivity contribution in [3.05, 3.63) is 23.9 Å². The molecule has 2 heterocycles. The molecule has 17 heavy (non-hydrogen) atoms. The van der Waals surface area contributed by atoms with Crippen LogP contribution in [0, 0.1) is 10.2 Å². The number of aliphatic imine (C=N–C) groups is 1. The van der Waals surface area contributed by atoms with Crippen LogP contribution in [0.1, 0.15) is 13.8 Å². The van der Waals surface area contributed by atoms with E-state index in [1.165, 1.54) is 0 Å². The lowest BCUT2D eigenvalue weighted by Crippen LogP contribution is -2.68. The van der Waals surface area contributed by atoms with Crippen molar-refractivity contribution in [1.82, 2.24) is 0 Å². The summed E-state index contributed by atoms with van der Waals surface area (Å²) in [6.45, 7) is 5.34. The number of halogens is 1. The first kappa shape index (κ1) is 14.7. The summed E-state index contributed by atoms with van der Waals surface area (Å²) >= 11 is 1.81. The van der Waals surface area contributed by atoms with Crippen LogP contribution in [0.3, 0.4) is 0 Å². The summed E-state index contributed by atoms with van der Waals surface area (Å²) in [5.74, 6) is 0. The largest absolute Gasteiger partial charge is 0.243 e. The normalized spacial score (nSPS) is 30.5. The van der Waals surface area contributed by atoms with Gasteiger partial charge in [-0.1, -0.05) is 0 Å². The van der Waals surface area contributed by atoms with Crippen LogP contribution in [-0.2, 0) is 0 Å². The first-order valence-electron chi connectivity index (χ1n) is 4.82. The molecule has 0 aromatic carbocycles. The Bertz CT molecular complexity index is 360. The molecule has 2 aliphatic heterocycles. The van der Waals surface area contributed by atoms with Crippen LogP contribution in [-0.4, -0.2) is 22.2 Å². The quantitative estimate of drug-likeness (QED) is 0.496. The Morgan fingerprint density at radius 3 is 2.47 bits per heavy atom. The Labute approximate surface area is 106 Å². The van der Waals surface area contributed by atoms with E-state index in [-0.39, 0.29) is 0 Å². The molecule has 0 fully saturated rings. The highest BCUT2D eigenvalue weighted by molar-refractivity contribution is 8.02. The maximum Gasteiger partial charge on any atom is 0.243 e. The lowest BCUT2D eigenvalue weighted by Gasteiger charge is -2.32. The van der Waals surface area contributed by atoms with Crippen LogP contribution in [0.5, 0.6) is 0 Å². The molecule has 0 aromatic rings. The van der Waals surface area contributed by atoms with E-state index >= 15 is 0 Å². The topological polar surface area (TPSA) is 105 Å². The van der Waals surface area contributed by atoms with Crippen LogP contribution in [0.2, 0.25) is 0 Å². The number of allylic oxidation sites excluding steroid dienone is 1. The van der Waals surface area contributed by atoms with Gasteiger partial charge in [0.1, 0.15) is 12.4 Å². The second-order valence-corrected chi connectivity index (χ2v) is 5.24. The first-order valence-corrected chi connectivity index (χ1v) is 7.00. The van der Waals surface area contributed by atoms with E-state index in [4.69, 9.17) is 18.6 Å². The Morgan fingerprint density at radius 2 is 1.94 bits per heavy atom. The van der Waals surface area contributed by atoms with Gasteiger partial charge in [0.15, 0.2) is 0 Å². The molecule has 0 saturated carbocycles.